The van der Waals surface area contributed by atoms with Crippen molar-refractivity contribution in [1.82, 2.24) is 4.98 Å². The lowest BCUT2D eigenvalue weighted by Gasteiger charge is -2.01. The highest BCUT2D eigenvalue weighted by atomic mass is 15.2. The van der Waals surface area contributed by atoms with Crippen molar-refractivity contribution in [3.05, 3.63) is 23.4 Å². The molecule has 0 atom stereocenters. The van der Waals surface area contributed by atoms with E-state index in [9.17, 15) is 0 Å². The van der Waals surface area contributed by atoms with Gasteiger partial charge in [0.25, 0.3) is 0 Å². The van der Waals surface area contributed by atoms with Crippen LogP contribution in [0.4, 0.5) is 5.82 Å². The molecule has 0 aromatic carbocycles. The second kappa shape index (κ2) is 2.66. The van der Waals surface area contributed by atoms with Gasteiger partial charge in [0.15, 0.2) is 0 Å². The maximum atomic E-state index is 5.16. The SMILES string of the molecule is Cc1ccc(NN)nc1C. The Labute approximate surface area is 60.2 Å². The van der Waals surface area contributed by atoms with Crippen LogP contribution in [0.25, 0.3) is 0 Å². The van der Waals surface area contributed by atoms with Crippen LogP contribution in [0.2, 0.25) is 0 Å². The Hall–Kier alpha value is -1.09. The molecular formula is C7H11N3. The second-order valence-electron chi connectivity index (χ2n) is 2.24. The van der Waals surface area contributed by atoms with Crippen LogP contribution in [0.5, 0.6) is 0 Å². The first-order valence-electron chi connectivity index (χ1n) is 3.15. The Morgan fingerprint density at radius 1 is 1.40 bits per heavy atom. The van der Waals surface area contributed by atoms with E-state index in [2.05, 4.69) is 10.4 Å². The monoisotopic (exact) mass is 137 g/mol. The highest BCUT2D eigenvalue weighted by molar-refractivity contribution is 5.36. The first-order valence-corrected chi connectivity index (χ1v) is 3.15. The van der Waals surface area contributed by atoms with Crippen molar-refractivity contribution >= 4 is 5.82 Å². The number of hydrogen-bond donors (Lipinski definition) is 2. The van der Waals surface area contributed by atoms with Gasteiger partial charge in [0.1, 0.15) is 5.82 Å². The molecule has 3 heteroatoms. The Morgan fingerprint density at radius 3 is 2.60 bits per heavy atom. The fraction of sp³-hybridized carbons (Fsp3) is 0.286. The molecule has 0 amide bonds. The van der Waals surface area contributed by atoms with Crippen molar-refractivity contribution in [1.29, 1.82) is 0 Å². The van der Waals surface area contributed by atoms with Gasteiger partial charge in [-0.1, -0.05) is 6.07 Å². The summed E-state index contributed by atoms with van der Waals surface area (Å²) >= 11 is 0. The molecule has 1 aromatic rings. The van der Waals surface area contributed by atoms with Crippen LogP contribution in [-0.4, -0.2) is 4.98 Å². The molecule has 0 fully saturated rings. The van der Waals surface area contributed by atoms with Crippen molar-refractivity contribution in [2.75, 3.05) is 5.43 Å². The number of pyridine rings is 1. The Morgan fingerprint density at radius 2 is 2.10 bits per heavy atom. The van der Waals surface area contributed by atoms with E-state index in [4.69, 9.17) is 5.84 Å². The zero-order valence-electron chi connectivity index (χ0n) is 6.18. The standard InChI is InChI=1S/C7H11N3/c1-5-3-4-7(10-8)9-6(5)2/h3-4H,8H2,1-2H3,(H,9,10). The summed E-state index contributed by atoms with van der Waals surface area (Å²) in [6, 6.07) is 3.83. The Bertz CT molecular complexity index is 232. The molecule has 0 bridgehead atoms. The quantitative estimate of drug-likeness (QED) is 0.448. The van der Waals surface area contributed by atoms with Crippen molar-refractivity contribution in [2.24, 2.45) is 5.84 Å². The summed E-state index contributed by atoms with van der Waals surface area (Å²) in [5.74, 6) is 5.87. The third-order valence-corrected chi connectivity index (χ3v) is 1.50. The zero-order chi connectivity index (χ0) is 7.56. The van der Waals surface area contributed by atoms with Gasteiger partial charge in [0.05, 0.1) is 0 Å². The summed E-state index contributed by atoms with van der Waals surface area (Å²) < 4.78 is 0. The molecule has 0 aliphatic carbocycles. The Balaban J connectivity index is 3.04. The van der Waals surface area contributed by atoms with Crippen LogP contribution in [0, 0.1) is 13.8 Å². The number of nitrogens with zero attached hydrogens (tertiary/aromatic N) is 1. The minimum Gasteiger partial charge on any atom is -0.308 e. The minimum atomic E-state index is 0.711. The van der Waals surface area contributed by atoms with E-state index in [1.165, 1.54) is 5.56 Å². The molecule has 1 heterocycles. The average molecular weight is 137 g/mol. The number of nitrogens with two attached hydrogens (primary N) is 1. The molecular weight excluding hydrogens is 126 g/mol. The summed E-state index contributed by atoms with van der Waals surface area (Å²) in [4.78, 5) is 4.16. The molecule has 0 aliphatic heterocycles. The summed E-state index contributed by atoms with van der Waals surface area (Å²) in [6.45, 7) is 3.97. The molecule has 1 rings (SSSR count). The minimum absolute atomic E-state index is 0.711. The largest absolute Gasteiger partial charge is 0.308 e. The third-order valence-electron chi connectivity index (χ3n) is 1.50. The van der Waals surface area contributed by atoms with Crippen LogP contribution >= 0.6 is 0 Å². The number of hydrogen-bond acceptors (Lipinski definition) is 3. The highest BCUT2D eigenvalue weighted by Crippen LogP contribution is 2.06. The number of nitrogens with one attached hydrogen (secondary N) is 1. The molecule has 0 spiro atoms. The lowest BCUT2D eigenvalue weighted by atomic mass is 10.2. The number of aryl methyl sites for hydroxylation is 2. The highest BCUT2D eigenvalue weighted by Gasteiger charge is 1.93. The van der Waals surface area contributed by atoms with Crippen LogP contribution in [0.1, 0.15) is 11.3 Å². The summed E-state index contributed by atoms with van der Waals surface area (Å²) in [5.41, 5.74) is 4.67. The molecule has 3 nitrogen and oxygen atoms in total. The van der Waals surface area contributed by atoms with Crippen molar-refractivity contribution in [2.45, 2.75) is 13.8 Å². The first-order chi connectivity index (χ1) is 4.74. The van der Waals surface area contributed by atoms with Gasteiger partial charge in [0.2, 0.25) is 0 Å². The molecule has 0 saturated carbocycles. The normalized spacial score (nSPS) is 9.50. The van der Waals surface area contributed by atoms with Gasteiger partial charge < -0.3 is 5.43 Å². The topological polar surface area (TPSA) is 50.9 Å². The lowest BCUT2D eigenvalue weighted by Crippen LogP contribution is -2.08. The lowest BCUT2D eigenvalue weighted by molar-refractivity contribution is 1.12. The van der Waals surface area contributed by atoms with Crippen LogP contribution < -0.4 is 11.3 Å². The Kier molecular flexibility index (Phi) is 1.87. The van der Waals surface area contributed by atoms with Crippen molar-refractivity contribution in [3.63, 3.8) is 0 Å². The zero-order valence-corrected chi connectivity index (χ0v) is 6.18. The van der Waals surface area contributed by atoms with Crippen LogP contribution in [0.15, 0.2) is 12.1 Å². The molecule has 3 N–H and O–H groups in total. The van der Waals surface area contributed by atoms with E-state index in [1.807, 2.05) is 26.0 Å². The van der Waals surface area contributed by atoms with E-state index >= 15 is 0 Å². The summed E-state index contributed by atoms with van der Waals surface area (Å²) in [5, 5.41) is 0. The van der Waals surface area contributed by atoms with Crippen LogP contribution in [-0.2, 0) is 0 Å². The van der Waals surface area contributed by atoms with Gasteiger partial charge in [-0.15, -0.1) is 0 Å². The molecule has 0 unspecified atom stereocenters. The van der Waals surface area contributed by atoms with Crippen molar-refractivity contribution < 1.29 is 0 Å². The van der Waals surface area contributed by atoms with E-state index in [-0.39, 0.29) is 0 Å². The molecule has 1 aromatic heterocycles. The molecule has 10 heavy (non-hydrogen) atoms. The maximum Gasteiger partial charge on any atom is 0.140 e. The summed E-state index contributed by atoms with van der Waals surface area (Å²) in [6.07, 6.45) is 0. The van der Waals surface area contributed by atoms with E-state index < -0.39 is 0 Å². The number of nitrogen functional groups attached to an aromatic ring is 1. The van der Waals surface area contributed by atoms with Gasteiger partial charge in [-0.25, -0.2) is 10.8 Å². The number of aromatic nitrogens is 1. The predicted octanol–water partition coefficient (Wildman–Crippen LogP) is 0.984. The fourth-order valence-electron chi connectivity index (χ4n) is 0.711. The first kappa shape index (κ1) is 7.02. The maximum absolute atomic E-state index is 5.16. The van der Waals surface area contributed by atoms with E-state index in [1.54, 1.807) is 0 Å². The van der Waals surface area contributed by atoms with Gasteiger partial charge in [-0.05, 0) is 25.5 Å². The van der Waals surface area contributed by atoms with Gasteiger partial charge in [-0.2, -0.15) is 0 Å². The molecule has 0 aliphatic rings. The van der Waals surface area contributed by atoms with Gasteiger partial charge in [-0.3, -0.25) is 0 Å². The smallest absolute Gasteiger partial charge is 0.140 e. The van der Waals surface area contributed by atoms with Gasteiger partial charge in [0, 0.05) is 5.69 Å². The average Bonchev–Trinajstić information content (AvgIpc) is 1.95. The predicted molar refractivity (Wildman–Crippen MR) is 41.5 cm³/mol. The molecule has 0 saturated heterocycles. The fourth-order valence-corrected chi connectivity index (χ4v) is 0.711. The molecule has 54 valence electrons. The third kappa shape index (κ3) is 1.25. The summed E-state index contributed by atoms with van der Waals surface area (Å²) in [7, 11) is 0. The van der Waals surface area contributed by atoms with Gasteiger partial charge >= 0.3 is 0 Å². The number of rotatable bonds is 1. The second-order valence-corrected chi connectivity index (χ2v) is 2.24. The van der Waals surface area contributed by atoms with E-state index in [0.717, 1.165) is 5.69 Å². The number of anilines is 1. The van der Waals surface area contributed by atoms with E-state index in [0.29, 0.717) is 5.82 Å². The van der Waals surface area contributed by atoms with Crippen molar-refractivity contribution in [3.8, 4) is 0 Å². The number of hydrazine groups is 1. The van der Waals surface area contributed by atoms with Crippen LogP contribution in [0.3, 0.4) is 0 Å². The molecule has 0 radical (unpaired) electrons.